The number of hydrogen-bond acceptors (Lipinski definition) is 2. The van der Waals surface area contributed by atoms with Gasteiger partial charge in [0.05, 0.1) is 5.69 Å². The maximum atomic E-state index is 8.37. The summed E-state index contributed by atoms with van der Waals surface area (Å²) < 4.78 is 0. The van der Waals surface area contributed by atoms with Crippen molar-refractivity contribution in [2.24, 2.45) is 5.11 Å². The summed E-state index contributed by atoms with van der Waals surface area (Å²) in [7, 11) is 0. The number of aromatic amines is 1. The molecule has 1 heterocycles. The number of benzene rings is 1. The Balaban J connectivity index is 2.57. The van der Waals surface area contributed by atoms with Crippen LogP contribution in [0.25, 0.3) is 21.7 Å². The zero-order valence-electron chi connectivity index (χ0n) is 7.25. The van der Waals surface area contributed by atoms with Gasteiger partial charge in [-0.3, -0.25) is 5.10 Å². The van der Waals surface area contributed by atoms with Crippen LogP contribution in [0.2, 0.25) is 0 Å². The van der Waals surface area contributed by atoms with Crippen LogP contribution in [0.3, 0.4) is 0 Å². The highest BCUT2D eigenvalue weighted by molar-refractivity contribution is 5.72. The Kier molecular flexibility index (Phi) is 2.17. The lowest BCUT2D eigenvalue weighted by molar-refractivity contribution is 1.09. The van der Waals surface area contributed by atoms with Crippen LogP contribution in [0.15, 0.2) is 41.6 Å². The molecule has 1 N–H and O–H groups in total. The molecule has 5 nitrogen and oxygen atoms in total. The molecule has 0 aliphatic carbocycles. The highest BCUT2D eigenvalue weighted by Gasteiger charge is 2.03. The van der Waals surface area contributed by atoms with Crippen LogP contribution in [-0.4, -0.2) is 10.2 Å². The molecule has 14 heavy (non-hydrogen) atoms. The summed E-state index contributed by atoms with van der Waals surface area (Å²) in [4.78, 5) is 2.76. The lowest BCUT2D eigenvalue weighted by Crippen LogP contribution is -1.77. The van der Waals surface area contributed by atoms with Crippen molar-refractivity contribution >= 4 is 5.69 Å². The number of nitrogens with one attached hydrogen (secondary N) is 1. The number of azide groups is 1. The summed E-state index contributed by atoms with van der Waals surface area (Å²) in [5, 5.41) is 10.3. The first-order valence-electron chi connectivity index (χ1n) is 4.06. The SMILES string of the molecule is [N-]=[N+]=Nc1ccccc1-c1cc[nH]n1. The molecule has 0 radical (unpaired) electrons. The normalized spacial score (nSPS) is 9.43. The average molecular weight is 185 g/mol. The van der Waals surface area contributed by atoms with Crippen LogP contribution in [0.4, 0.5) is 5.69 Å². The van der Waals surface area contributed by atoms with Crippen molar-refractivity contribution in [1.82, 2.24) is 10.2 Å². The third-order valence-electron chi connectivity index (χ3n) is 1.83. The minimum absolute atomic E-state index is 0.585. The molecule has 68 valence electrons. The zero-order chi connectivity index (χ0) is 9.80. The molecule has 0 saturated carbocycles. The molecule has 1 aromatic carbocycles. The smallest absolute Gasteiger partial charge is 0.0925 e. The van der Waals surface area contributed by atoms with Crippen molar-refractivity contribution in [2.45, 2.75) is 0 Å². The molecule has 2 aromatic rings. The minimum atomic E-state index is 0.585. The first-order valence-corrected chi connectivity index (χ1v) is 4.06. The largest absolute Gasteiger partial charge is 0.285 e. The zero-order valence-corrected chi connectivity index (χ0v) is 7.25. The Morgan fingerprint density at radius 2 is 2.14 bits per heavy atom. The number of rotatable bonds is 2. The van der Waals surface area contributed by atoms with Gasteiger partial charge in [-0.15, -0.1) is 0 Å². The van der Waals surface area contributed by atoms with Gasteiger partial charge in [-0.25, -0.2) is 0 Å². The fourth-order valence-electron chi connectivity index (χ4n) is 1.24. The molecule has 5 heteroatoms. The monoisotopic (exact) mass is 185 g/mol. The summed E-state index contributed by atoms with van der Waals surface area (Å²) in [6, 6.07) is 9.14. The molecule has 0 saturated heterocycles. The van der Waals surface area contributed by atoms with Gasteiger partial charge >= 0.3 is 0 Å². The molecule has 0 aliphatic heterocycles. The Morgan fingerprint density at radius 1 is 1.29 bits per heavy atom. The molecule has 0 spiro atoms. The molecular weight excluding hydrogens is 178 g/mol. The van der Waals surface area contributed by atoms with Gasteiger partial charge in [0.25, 0.3) is 0 Å². The molecule has 0 aliphatic rings. The van der Waals surface area contributed by atoms with E-state index in [0.29, 0.717) is 5.69 Å². The third-order valence-corrected chi connectivity index (χ3v) is 1.83. The van der Waals surface area contributed by atoms with E-state index in [-0.39, 0.29) is 0 Å². The van der Waals surface area contributed by atoms with Gasteiger partial charge in [-0.05, 0) is 11.6 Å². The summed E-state index contributed by atoms with van der Waals surface area (Å²) >= 11 is 0. The first kappa shape index (κ1) is 8.34. The molecule has 0 amide bonds. The number of aromatic nitrogens is 2. The van der Waals surface area contributed by atoms with Gasteiger partial charge in [0.15, 0.2) is 0 Å². The lowest BCUT2D eigenvalue weighted by Gasteiger charge is -1.99. The van der Waals surface area contributed by atoms with Crippen molar-refractivity contribution in [3.63, 3.8) is 0 Å². The van der Waals surface area contributed by atoms with E-state index in [1.54, 1.807) is 12.3 Å². The molecule has 2 rings (SSSR count). The summed E-state index contributed by atoms with van der Waals surface area (Å²) in [5.74, 6) is 0. The summed E-state index contributed by atoms with van der Waals surface area (Å²) in [6.45, 7) is 0. The van der Waals surface area contributed by atoms with Gasteiger partial charge in [-0.2, -0.15) is 5.10 Å². The molecule has 1 aromatic heterocycles. The minimum Gasteiger partial charge on any atom is -0.285 e. The highest BCUT2D eigenvalue weighted by Crippen LogP contribution is 2.28. The average Bonchev–Trinajstić information content (AvgIpc) is 2.72. The predicted octanol–water partition coefficient (Wildman–Crippen LogP) is 3.02. The standard InChI is InChI=1S/C9H7N5/c10-14-13-8-4-2-1-3-7(8)9-5-6-11-12-9/h1-6H,(H,11,12). The first-order chi connectivity index (χ1) is 6.92. The number of H-pyrrole nitrogens is 1. The predicted molar refractivity (Wildman–Crippen MR) is 52.8 cm³/mol. The Bertz CT molecular complexity index is 468. The van der Waals surface area contributed by atoms with Gasteiger partial charge in [-0.1, -0.05) is 29.4 Å². The Labute approximate surface area is 80.0 Å². The van der Waals surface area contributed by atoms with E-state index in [1.165, 1.54) is 0 Å². The fourth-order valence-corrected chi connectivity index (χ4v) is 1.24. The van der Waals surface area contributed by atoms with Gasteiger partial charge < -0.3 is 0 Å². The van der Waals surface area contributed by atoms with E-state index in [2.05, 4.69) is 20.2 Å². The third kappa shape index (κ3) is 1.44. The second-order valence-corrected chi connectivity index (χ2v) is 2.67. The second kappa shape index (κ2) is 3.64. The van der Waals surface area contributed by atoms with Gasteiger partial charge in [0.1, 0.15) is 0 Å². The van der Waals surface area contributed by atoms with Crippen LogP contribution < -0.4 is 0 Å². The van der Waals surface area contributed by atoms with E-state index >= 15 is 0 Å². The molecule has 0 bridgehead atoms. The van der Waals surface area contributed by atoms with Crippen molar-refractivity contribution in [2.75, 3.05) is 0 Å². The van der Waals surface area contributed by atoms with E-state index < -0.39 is 0 Å². The summed E-state index contributed by atoms with van der Waals surface area (Å²) in [6.07, 6.45) is 1.72. The number of hydrogen-bond donors (Lipinski definition) is 1. The van der Waals surface area contributed by atoms with E-state index in [0.717, 1.165) is 11.3 Å². The van der Waals surface area contributed by atoms with Crippen LogP contribution in [0, 0.1) is 0 Å². The van der Waals surface area contributed by atoms with Crippen LogP contribution >= 0.6 is 0 Å². The van der Waals surface area contributed by atoms with Crippen LogP contribution in [0.5, 0.6) is 0 Å². The van der Waals surface area contributed by atoms with Crippen molar-refractivity contribution in [3.05, 3.63) is 47.0 Å². The summed E-state index contributed by atoms with van der Waals surface area (Å²) in [5.41, 5.74) is 10.6. The molecule has 0 unspecified atom stereocenters. The number of nitrogens with zero attached hydrogens (tertiary/aromatic N) is 4. The van der Waals surface area contributed by atoms with Crippen molar-refractivity contribution in [1.29, 1.82) is 0 Å². The van der Waals surface area contributed by atoms with Crippen molar-refractivity contribution in [3.8, 4) is 11.3 Å². The van der Waals surface area contributed by atoms with Gasteiger partial charge in [0, 0.05) is 22.4 Å². The quantitative estimate of drug-likeness (QED) is 0.435. The molecule has 0 atom stereocenters. The molecular formula is C9H7N5. The van der Waals surface area contributed by atoms with E-state index in [9.17, 15) is 0 Å². The second-order valence-electron chi connectivity index (χ2n) is 2.67. The Morgan fingerprint density at radius 3 is 2.86 bits per heavy atom. The highest BCUT2D eigenvalue weighted by atomic mass is 15.1. The van der Waals surface area contributed by atoms with E-state index in [4.69, 9.17) is 5.53 Å². The maximum absolute atomic E-state index is 8.37. The molecule has 0 fully saturated rings. The van der Waals surface area contributed by atoms with E-state index in [1.807, 2.05) is 24.3 Å². The Hall–Kier alpha value is -2.26. The lowest BCUT2D eigenvalue weighted by atomic mass is 10.1. The van der Waals surface area contributed by atoms with Crippen molar-refractivity contribution < 1.29 is 0 Å². The topological polar surface area (TPSA) is 77.4 Å². The fraction of sp³-hybridized carbons (Fsp3) is 0. The van der Waals surface area contributed by atoms with Crippen LogP contribution in [-0.2, 0) is 0 Å². The van der Waals surface area contributed by atoms with Gasteiger partial charge in [0.2, 0.25) is 0 Å². The maximum Gasteiger partial charge on any atom is 0.0925 e. The van der Waals surface area contributed by atoms with Crippen LogP contribution in [0.1, 0.15) is 0 Å².